The number of benzene rings is 2. The number of aliphatic hydroxyl groups excluding tert-OH is 1. The van der Waals surface area contributed by atoms with Gasteiger partial charge in [0.05, 0.1) is 11.6 Å². The number of aromatic nitrogens is 2. The number of nitrogens with zero attached hydrogens (tertiary/aromatic N) is 3. The second kappa shape index (κ2) is 7.84. The molecule has 30 heavy (non-hydrogen) atoms. The SMILES string of the molecule is Cc1ccc(C(O)=C2C(=O)C(=O)N(c3nncs3)[C@H]2c2ccc(C(C)C)cc2)cc1. The van der Waals surface area contributed by atoms with E-state index in [2.05, 4.69) is 24.0 Å². The van der Waals surface area contributed by atoms with Gasteiger partial charge in [0.25, 0.3) is 5.78 Å². The summed E-state index contributed by atoms with van der Waals surface area (Å²) < 4.78 is 0. The molecular formula is C23H21N3O3S. The molecule has 0 aliphatic carbocycles. The van der Waals surface area contributed by atoms with Gasteiger partial charge in [-0.3, -0.25) is 14.5 Å². The Morgan fingerprint density at radius 3 is 2.30 bits per heavy atom. The third-order valence-corrected chi connectivity index (χ3v) is 5.93. The summed E-state index contributed by atoms with van der Waals surface area (Å²) in [4.78, 5) is 27.3. The summed E-state index contributed by atoms with van der Waals surface area (Å²) in [5, 5.41) is 19.2. The van der Waals surface area contributed by atoms with Gasteiger partial charge in [-0.05, 0) is 24.0 Å². The van der Waals surface area contributed by atoms with Crippen LogP contribution in [-0.4, -0.2) is 27.0 Å². The molecule has 152 valence electrons. The Labute approximate surface area is 178 Å². The Bertz CT molecular complexity index is 1120. The molecule has 0 saturated carbocycles. The molecule has 1 fully saturated rings. The van der Waals surface area contributed by atoms with E-state index in [0.29, 0.717) is 16.6 Å². The van der Waals surface area contributed by atoms with Gasteiger partial charge in [0.15, 0.2) is 0 Å². The zero-order valence-corrected chi connectivity index (χ0v) is 17.7. The highest BCUT2D eigenvalue weighted by Crippen LogP contribution is 2.42. The molecule has 1 aromatic heterocycles. The molecule has 7 heteroatoms. The van der Waals surface area contributed by atoms with Crippen LogP contribution in [0.25, 0.3) is 5.76 Å². The van der Waals surface area contributed by atoms with E-state index in [1.165, 1.54) is 21.7 Å². The smallest absolute Gasteiger partial charge is 0.301 e. The van der Waals surface area contributed by atoms with Crippen molar-refractivity contribution in [1.29, 1.82) is 0 Å². The Morgan fingerprint density at radius 2 is 1.73 bits per heavy atom. The highest BCUT2D eigenvalue weighted by molar-refractivity contribution is 7.13. The zero-order chi connectivity index (χ0) is 21.4. The summed E-state index contributed by atoms with van der Waals surface area (Å²) in [5.41, 5.74) is 4.94. The van der Waals surface area contributed by atoms with Crippen LogP contribution in [0.5, 0.6) is 0 Å². The van der Waals surface area contributed by atoms with Crippen molar-refractivity contribution in [3.8, 4) is 0 Å². The molecule has 0 unspecified atom stereocenters. The Hall–Kier alpha value is -3.32. The summed E-state index contributed by atoms with van der Waals surface area (Å²) >= 11 is 1.17. The standard InChI is InChI=1S/C23H21N3O3S/c1-13(2)15-8-10-16(11-9-15)19-18(20(27)17-6-4-14(3)5-7-17)21(28)22(29)26(19)23-25-24-12-30-23/h4-13,19,27H,1-3H3/t19-/m0/s1. The molecule has 1 atom stereocenters. The number of aliphatic hydroxyl groups is 1. The van der Waals surface area contributed by atoms with Gasteiger partial charge in [0, 0.05) is 5.56 Å². The lowest BCUT2D eigenvalue weighted by Crippen LogP contribution is -2.29. The summed E-state index contributed by atoms with van der Waals surface area (Å²) in [6.07, 6.45) is 0. The van der Waals surface area contributed by atoms with E-state index in [1.54, 1.807) is 12.1 Å². The second-order valence-corrected chi connectivity index (χ2v) is 8.39. The summed E-state index contributed by atoms with van der Waals surface area (Å²) in [7, 11) is 0. The predicted molar refractivity (Wildman–Crippen MR) is 116 cm³/mol. The fraction of sp³-hybridized carbons (Fsp3) is 0.217. The number of hydrogen-bond acceptors (Lipinski definition) is 6. The van der Waals surface area contributed by atoms with Crippen molar-refractivity contribution in [2.75, 3.05) is 4.90 Å². The van der Waals surface area contributed by atoms with E-state index < -0.39 is 17.7 Å². The van der Waals surface area contributed by atoms with Crippen LogP contribution in [0.15, 0.2) is 59.6 Å². The van der Waals surface area contributed by atoms with Gasteiger partial charge in [-0.2, -0.15) is 0 Å². The fourth-order valence-corrected chi connectivity index (χ4v) is 4.13. The van der Waals surface area contributed by atoms with Gasteiger partial charge < -0.3 is 5.11 Å². The number of anilines is 1. The lowest BCUT2D eigenvalue weighted by atomic mass is 9.93. The zero-order valence-electron chi connectivity index (χ0n) is 16.9. The summed E-state index contributed by atoms with van der Waals surface area (Å²) in [6.45, 7) is 6.13. The maximum atomic E-state index is 13.0. The number of carbonyl (C=O) groups excluding carboxylic acids is 2. The first-order valence-corrected chi connectivity index (χ1v) is 10.5. The van der Waals surface area contributed by atoms with Gasteiger partial charge in [-0.15, -0.1) is 10.2 Å². The number of amides is 1. The normalized spacial score (nSPS) is 18.4. The molecule has 4 rings (SSSR count). The first-order chi connectivity index (χ1) is 14.4. The van der Waals surface area contributed by atoms with Crippen molar-refractivity contribution in [2.24, 2.45) is 0 Å². The van der Waals surface area contributed by atoms with Gasteiger partial charge in [0.2, 0.25) is 5.13 Å². The van der Waals surface area contributed by atoms with Crippen molar-refractivity contribution in [1.82, 2.24) is 10.2 Å². The van der Waals surface area contributed by atoms with Crippen LogP contribution in [0.1, 0.15) is 48.1 Å². The highest BCUT2D eigenvalue weighted by atomic mass is 32.1. The molecule has 0 bridgehead atoms. The van der Waals surface area contributed by atoms with Crippen molar-refractivity contribution in [3.63, 3.8) is 0 Å². The molecule has 0 radical (unpaired) electrons. The van der Waals surface area contributed by atoms with Crippen LogP contribution in [0.3, 0.4) is 0 Å². The highest BCUT2D eigenvalue weighted by Gasteiger charge is 2.48. The number of hydrogen-bond donors (Lipinski definition) is 1. The van der Waals surface area contributed by atoms with Crippen molar-refractivity contribution >= 4 is 33.9 Å². The van der Waals surface area contributed by atoms with Crippen molar-refractivity contribution in [3.05, 3.63) is 81.9 Å². The van der Waals surface area contributed by atoms with E-state index >= 15 is 0 Å². The van der Waals surface area contributed by atoms with Crippen LogP contribution in [0.2, 0.25) is 0 Å². The maximum absolute atomic E-state index is 13.0. The van der Waals surface area contributed by atoms with E-state index in [1.807, 2.05) is 43.3 Å². The van der Waals surface area contributed by atoms with Crippen LogP contribution in [0, 0.1) is 6.92 Å². The van der Waals surface area contributed by atoms with E-state index in [0.717, 1.165) is 16.7 Å². The monoisotopic (exact) mass is 419 g/mol. The van der Waals surface area contributed by atoms with Gasteiger partial charge in [0.1, 0.15) is 11.3 Å². The Morgan fingerprint density at radius 1 is 1.07 bits per heavy atom. The first kappa shape index (κ1) is 20.0. The minimum absolute atomic E-state index is 0.0522. The first-order valence-electron chi connectivity index (χ1n) is 9.62. The topological polar surface area (TPSA) is 83.4 Å². The molecule has 1 aliphatic rings. The van der Waals surface area contributed by atoms with Crippen LogP contribution < -0.4 is 4.90 Å². The van der Waals surface area contributed by atoms with E-state index in [-0.39, 0.29) is 11.3 Å². The molecule has 1 N–H and O–H groups in total. The number of aryl methyl sites for hydroxylation is 1. The average molecular weight is 420 g/mol. The third-order valence-electron chi connectivity index (χ3n) is 5.24. The predicted octanol–water partition coefficient (Wildman–Crippen LogP) is 4.60. The van der Waals surface area contributed by atoms with Crippen molar-refractivity contribution < 1.29 is 14.7 Å². The lowest BCUT2D eigenvalue weighted by Gasteiger charge is -2.23. The minimum atomic E-state index is -0.777. The number of rotatable bonds is 4. The van der Waals surface area contributed by atoms with E-state index in [4.69, 9.17) is 0 Å². The lowest BCUT2D eigenvalue weighted by molar-refractivity contribution is -0.132. The molecular weight excluding hydrogens is 398 g/mol. The largest absolute Gasteiger partial charge is 0.507 e. The molecule has 2 aromatic carbocycles. The molecule has 1 amide bonds. The van der Waals surface area contributed by atoms with Crippen LogP contribution in [-0.2, 0) is 9.59 Å². The minimum Gasteiger partial charge on any atom is -0.507 e. The maximum Gasteiger partial charge on any atom is 0.301 e. The molecule has 2 heterocycles. The molecule has 0 spiro atoms. The number of carbonyl (C=O) groups is 2. The Kier molecular flexibility index (Phi) is 5.22. The van der Waals surface area contributed by atoms with Gasteiger partial charge in [-0.25, -0.2) is 0 Å². The third kappa shape index (κ3) is 3.41. The summed E-state index contributed by atoms with van der Waals surface area (Å²) in [5.74, 6) is -1.31. The molecule has 1 aliphatic heterocycles. The molecule has 6 nitrogen and oxygen atoms in total. The average Bonchev–Trinajstić information content (AvgIpc) is 3.35. The van der Waals surface area contributed by atoms with Crippen LogP contribution >= 0.6 is 11.3 Å². The summed E-state index contributed by atoms with van der Waals surface area (Å²) in [6, 6.07) is 14.1. The van der Waals surface area contributed by atoms with Gasteiger partial charge >= 0.3 is 5.91 Å². The van der Waals surface area contributed by atoms with E-state index in [9.17, 15) is 14.7 Å². The number of ketones is 1. The Balaban J connectivity index is 1.90. The van der Waals surface area contributed by atoms with Gasteiger partial charge in [-0.1, -0.05) is 79.3 Å². The van der Waals surface area contributed by atoms with Crippen molar-refractivity contribution in [2.45, 2.75) is 32.7 Å². The molecule has 1 saturated heterocycles. The molecule has 3 aromatic rings. The van der Waals surface area contributed by atoms with Crippen LogP contribution in [0.4, 0.5) is 5.13 Å². The fourth-order valence-electron chi connectivity index (χ4n) is 3.55. The number of Topliss-reactive ketones (excluding diaryl/α,β-unsaturated/α-hetero) is 1. The quantitative estimate of drug-likeness (QED) is 0.380. The second-order valence-electron chi connectivity index (χ2n) is 7.58.